The predicted molar refractivity (Wildman–Crippen MR) is 265 cm³/mol. The van der Waals surface area contributed by atoms with E-state index in [1.807, 2.05) is 0 Å². The topological polar surface area (TPSA) is 3.24 Å². The molecule has 12 rings (SSSR count). The maximum Gasteiger partial charge on any atom is 0.0714 e. The molecule has 0 saturated heterocycles. The summed E-state index contributed by atoms with van der Waals surface area (Å²) in [5, 5.41) is 2.49. The van der Waals surface area contributed by atoms with Gasteiger partial charge in [0.05, 0.1) is 5.41 Å². The number of fused-ring (bicyclic) bond motifs is 9. The highest BCUT2D eigenvalue weighted by Crippen LogP contribution is 2.60. The zero-order valence-corrected chi connectivity index (χ0v) is 36.0. The van der Waals surface area contributed by atoms with Crippen LogP contribution in [0.3, 0.4) is 0 Å². The van der Waals surface area contributed by atoms with Crippen molar-refractivity contribution in [3.05, 3.63) is 251 Å². The summed E-state index contributed by atoms with van der Waals surface area (Å²) in [5.74, 6) is 0. The Morgan fingerprint density at radius 3 is 1.75 bits per heavy atom. The van der Waals surface area contributed by atoms with Crippen molar-refractivity contribution in [3.8, 4) is 33.4 Å². The maximum atomic E-state index is 2.49. The fourth-order valence-electron chi connectivity index (χ4n) is 12.1. The normalized spacial score (nSPS) is 15.1. The van der Waals surface area contributed by atoms with E-state index in [1.54, 1.807) is 0 Å². The molecule has 1 spiro atoms. The molecule has 9 aromatic rings. The SMILES string of the molecule is C/C=C\c1c(C)ccc2cc(N(c3ccc(-c4cccc5c4C4(CCCC4)c4ccccc4-5)cc3)c3ccc4c(c3)C(c3ccccc3)(c3ccccc3)c3ccccc3-4)ccc12. The molecule has 0 bridgehead atoms. The van der Waals surface area contributed by atoms with E-state index in [4.69, 9.17) is 0 Å². The van der Waals surface area contributed by atoms with E-state index in [-0.39, 0.29) is 5.41 Å². The minimum atomic E-state index is -0.496. The first kappa shape index (κ1) is 37.5. The van der Waals surface area contributed by atoms with Gasteiger partial charge in [-0.3, -0.25) is 0 Å². The fourth-order valence-corrected chi connectivity index (χ4v) is 12.1. The lowest BCUT2D eigenvalue weighted by atomic mass is 9.67. The molecule has 1 saturated carbocycles. The van der Waals surface area contributed by atoms with Gasteiger partial charge in [-0.2, -0.15) is 0 Å². The van der Waals surface area contributed by atoms with Crippen molar-refractivity contribution in [2.24, 2.45) is 0 Å². The molecular weight excluding hydrogens is 759 g/mol. The van der Waals surface area contributed by atoms with Crippen molar-refractivity contribution in [3.63, 3.8) is 0 Å². The molecule has 0 unspecified atom stereocenters. The fraction of sp³-hybridized carbons (Fsp3) is 0.129. The van der Waals surface area contributed by atoms with Crippen molar-refractivity contribution in [2.45, 2.75) is 50.4 Å². The van der Waals surface area contributed by atoms with Gasteiger partial charge in [0.25, 0.3) is 0 Å². The molecule has 0 radical (unpaired) electrons. The quantitative estimate of drug-likeness (QED) is 0.155. The van der Waals surface area contributed by atoms with Crippen LogP contribution in [0.5, 0.6) is 0 Å². The van der Waals surface area contributed by atoms with Gasteiger partial charge >= 0.3 is 0 Å². The number of aryl methyl sites for hydroxylation is 1. The molecule has 0 N–H and O–H groups in total. The molecule has 0 heterocycles. The van der Waals surface area contributed by atoms with Crippen molar-refractivity contribution < 1.29 is 0 Å². The lowest BCUT2D eigenvalue weighted by molar-refractivity contribution is 0.551. The van der Waals surface area contributed by atoms with Crippen LogP contribution < -0.4 is 4.90 Å². The van der Waals surface area contributed by atoms with E-state index in [1.165, 1.54) is 114 Å². The first-order valence-electron chi connectivity index (χ1n) is 22.8. The van der Waals surface area contributed by atoms with Crippen molar-refractivity contribution >= 4 is 33.9 Å². The van der Waals surface area contributed by atoms with Crippen LogP contribution in [-0.4, -0.2) is 0 Å². The van der Waals surface area contributed by atoms with Crippen LogP contribution in [0, 0.1) is 6.92 Å². The molecule has 9 aromatic carbocycles. The van der Waals surface area contributed by atoms with Crippen molar-refractivity contribution in [2.75, 3.05) is 4.90 Å². The van der Waals surface area contributed by atoms with Crippen LogP contribution in [0.1, 0.15) is 77.1 Å². The first-order chi connectivity index (χ1) is 31.1. The van der Waals surface area contributed by atoms with Gasteiger partial charge in [0.15, 0.2) is 0 Å². The van der Waals surface area contributed by atoms with Gasteiger partial charge in [-0.15, -0.1) is 0 Å². The minimum absolute atomic E-state index is 0.0918. The molecule has 3 aliphatic rings. The monoisotopic (exact) mass is 807 g/mol. The number of hydrogen-bond donors (Lipinski definition) is 0. The summed E-state index contributed by atoms with van der Waals surface area (Å²) >= 11 is 0. The number of nitrogens with zero attached hydrogens (tertiary/aromatic N) is 1. The number of benzene rings is 9. The molecule has 0 amide bonds. The van der Waals surface area contributed by atoms with Crippen LogP contribution in [0.2, 0.25) is 0 Å². The second kappa shape index (κ2) is 14.7. The highest BCUT2D eigenvalue weighted by molar-refractivity contribution is 5.97. The number of hydrogen-bond acceptors (Lipinski definition) is 1. The Balaban J connectivity index is 1.06. The largest absolute Gasteiger partial charge is 0.310 e. The summed E-state index contributed by atoms with van der Waals surface area (Å²) in [6.45, 7) is 4.31. The third-order valence-electron chi connectivity index (χ3n) is 14.7. The summed E-state index contributed by atoms with van der Waals surface area (Å²) in [4.78, 5) is 2.48. The molecular formula is C62H49N. The third-order valence-corrected chi connectivity index (χ3v) is 14.7. The number of allylic oxidation sites excluding steroid dienone is 1. The second-order valence-electron chi connectivity index (χ2n) is 17.9. The average Bonchev–Trinajstić information content (AvgIpc) is 4.03. The Morgan fingerprint density at radius 1 is 0.460 bits per heavy atom. The number of rotatable bonds is 7. The molecule has 1 heteroatoms. The standard InChI is InChI=1S/C62H49N/c1-3-17-50-42(2)28-29-44-40-48(34-36-51(44)50)63(47-32-30-43(31-33-47)52-24-16-25-56-54-23-10-12-26-57(54)61(60(52)56)38-14-15-39-61)49-35-37-55-53-22-11-13-27-58(53)62(59(55)41-49,45-18-6-4-7-19-45)46-20-8-5-9-21-46/h3-13,16-37,40-41H,14-15,38-39H2,1-2H3/b17-3-. The molecule has 0 aromatic heterocycles. The lowest BCUT2D eigenvalue weighted by Crippen LogP contribution is -2.28. The van der Waals surface area contributed by atoms with Gasteiger partial charge in [-0.05, 0) is 152 Å². The van der Waals surface area contributed by atoms with Gasteiger partial charge in [-0.1, -0.05) is 189 Å². The summed E-state index contributed by atoms with van der Waals surface area (Å²) in [7, 11) is 0. The Hall–Kier alpha value is -7.22. The van der Waals surface area contributed by atoms with Gasteiger partial charge in [0.2, 0.25) is 0 Å². The zero-order chi connectivity index (χ0) is 42.1. The molecule has 1 fully saturated rings. The third kappa shape index (κ3) is 5.55. The van der Waals surface area contributed by atoms with Gasteiger partial charge in [0, 0.05) is 22.5 Å². The molecule has 3 aliphatic carbocycles. The Bertz CT molecular complexity index is 3200. The average molecular weight is 808 g/mol. The van der Waals surface area contributed by atoms with Crippen LogP contribution in [-0.2, 0) is 10.8 Å². The zero-order valence-electron chi connectivity index (χ0n) is 36.0. The highest BCUT2D eigenvalue weighted by Gasteiger charge is 2.47. The second-order valence-corrected chi connectivity index (χ2v) is 17.9. The van der Waals surface area contributed by atoms with Crippen LogP contribution in [0.15, 0.2) is 206 Å². The van der Waals surface area contributed by atoms with E-state index in [0.717, 1.165) is 17.1 Å². The molecule has 63 heavy (non-hydrogen) atoms. The van der Waals surface area contributed by atoms with Crippen molar-refractivity contribution in [1.82, 2.24) is 0 Å². The van der Waals surface area contributed by atoms with Crippen molar-refractivity contribution in [1.29, 1.82) is 0 Å². The summed E-state index contributed by atoms with van der Waals surface area (Å²) < 4.78 is 0. The van der Waals surface area contributed by atoms with Crippen LogP contribution >= 0.6 is 0 Å². The lowest BCUT2D eigenvalue weighted by Gasteiger charge is -2.35. The van der Waals surface area contributed by atoms with Gasteiger partial charge < -0.3 is 4.90 Å². The molecule has 0 aliphatic heterocycles. The van der Waals surface area contributed by atoms with Gasteiger partial charge in [0.1, 0.15) is 0 Å². The van der Waals surface area contributed by atoms with E-state index in [0.29, 0.717) is 0 Å². The smallest absolute Gasteiger partial charge is 0.0714 e. The summed E-state index contributed by atoms with van der Waals surface area (Å²) in [6.07, 6.45) is 9.37. The predicted octanol–water partition coefficient (Wildman–Crippen LogP) is 16.5. The maximum absolute atomic E-state index is 2.49. The molecule has 1 nitrogen and oxygen atoms in total. The van der Waals surface area contributed by atoms with Crippen LogP contribution in [0.25, 0.3) is 50.2 Å². The van der Waals surface area contributed by atoms with E-state index in [9.17, 15) is 0 Å². The van der Waals surface area contributed by atoms with E-state index in [2.05, 4.69) is 231 Å². The molecule has 0 atom stereocenters. The van der Waals surface area contributed by atoms with E-state index >= 15 is 0 Å². The Labute approximate surface area is 371 Å². The number of anilines is 3. The molecule has 302 valence electrons. The first-order valence-corrected chi connectivity index (χ1v) is 22.8. The Kier molecular flexibility index (Phi) is 8.76. The minimum Gasteiger partial charge on any atom is -0.310 e. The summed E-state index contributed by atoms with van der Waals surface area (Å²) in [5.41, 5.74) is 21.8. The van der Waals surface area contributed by atoms with E-state index < -0.39 is 5.41 Å². The Morgan fingerprint density at radius 2 is 1.03 bits per heavy atom. The van der Waals surface area contributed by atoms with Gasteiger partial charge in [-0.25, -0.2) is 0 Å². The highest BCUT2D eigenvalue weighted by atomic mass is 15.1. The van der Waals surface area contributed by atoms with Crippen LogP contribution in [0.4, 0.5) is 17.1 Å². The summed E-state index contributed by atoms with van der Waals surface area (Å²) in [6, 6.07) is 75.7.